The van der Waals surface area contributed by atoms with Gasteiger partial charge in [0, 0.05) is 19.1 Å². The van der Waals surface area contributed by atoms with Gasteiger partial charge in [0.25, 0.3) is 0 Å². The average Bonchev–Trinajstić information content (AvgIpc) is 2.99. The highest BCUT2D eigenvalue weighted by Crippen LogP contribution is 2.18. The van der Waals surface area contributed by atoms with E-state index in [9.17, 15) is 0 Å². The zero-order chi connectivity index (χ0) is 10.7. The first-order valence-corrected chi connectivity index (χ1v) is 6.38. The monoisotopic (exact) mass is 227 g/mol. The van der Waals surface area contributed by atoms with Gasteiger partial charge in [-0.15, -0.1) is 0 Å². The molecule has 86 valence electrons. The van der Waals surface area contributed by atoms with E-state index in [0.29, 0.717) is 6.04 Å². The van der Waals surface area contributed by atoms with E-state index in [1.807, 2.05) is 0 Å². The van der Waals surface area contributed by atoms with Crippen LogP contribution in [0.15, 0.2) is 0 Å². The topological polar surface area (TPSA) is 27.3 Å². The molecule has 0 spiro atoms. The SMILES string of the molecule is CN1CCCC(CNC(=S)NC2CC2)C1. The first-order valence-electron chi connectivity index (χ1n) is 5.97. The summed E-state index contributed by atoms with van der Waals surface area (Å²) >= 11 is 5.23. The molecule has 4 heteroatoms. The summed E-state index contributed by atoms with van der Waals surface area (Å²) in [6, 6.07) is 0.666. The van der Waals surface area contributed by atoms with Crippen molar-refractivity contribution in [3.05, 3.63) is 0 Å². The smallest absolute Gasteiger partial charge is 0.166 e. The van der Waals surface area contributed by atoms with Crippen LogP contribution in [0.4, 0.5) is 0 Å². The van der Waals surface area contributed by atoms with E-state index < -0.39 is 0 Å². The molecule has 2 N–H and O–H groups in total. The third kappa shape index (κ3) is 3.95. The van der Waals surface area contributed by atoms with Crippen molar-refractivity contribution in [1.82, 2.24) is 15.5 Å². The van der Waals surface area contributed by atoms with E-state index in [4.69, 9.17) is 12.2 Å². The van der Waals surface area contributed by atoms with E-state index >= 15 is 0 Å². The minimum Gasteiger partial charge on any atom is -0.362 e. The summed E-state index contributed by atoms with van der Waals surface area (Å²) in [5.74, 6) is 0.766. The summed E-state index contributed by atoms with van der Waals surface area (Å²) in [7, 11) is 2.20. The molecule has 3 nitrogen and oxygen atoms in total. The van der Waals surface area contributed by atoms with E-state index in [1.165, 1.54) is 38.8 Å². The largest absolute Gasteiger partial charge is 0.362 e. The Morgan fingerprint density at radius 3 is 2.87 bits per heavy atom. The van der Waals surface area contributed by atoms with Gasteiger partial charge in [0.1, 0.15) is 0 Å². The first-order chi connectivity index (χ1) is 7.24. The predicted octanol–water partition coefficient (Wildman–Crippen LogP) is 0.955. The van der Waals surface area contributed by atoms with Crippen LogP contribution in [0.2, 0.25) is 0 Å². The Morgan fingerprint density at radius 2 is 2.20 bits per heavy atom. The van der Waals surface area contributed by atoms with Crippen molar-refractivity contribution in [2.45, 2.75) is 31.7 Å². The number of thiocarbonyl (C=S) groups is 1. The fourth-order valence-corrected chi connectivity index (χ4v) is 2.39. The van der Waals surface area contributed by atoms with Crippen molar-refractivity contribution in [1.29, 1.82) is 0 Å². The second-order valence-corrected chi connectivity index (χ2v) is 5.31. The highest BCUT2D eigenvalue weighted by atomic mass is 32.1. The van der Waals surface area contributed by atoms with Gasteiger partial charge in [0.05, 0.1) is 0 Å². The second-order valence-electron chi connectivity index (χ2n) is 4.90. The Labute approximate surface area is 97.6 Å². The predicted molar refractivity (Wildman–Crippen MR) is 67.0 cm³/mol. The van der Waals surface area contributed by atoms with Crippen molar-refractivity contribution in [3.63, 3.8) is 0 Å². The van der Waals surface area contributed by atoms with E-state index in [0.717, 1.165) is 17.6 Å². The normalized spacial score (nSPS) is 27.4. The van der Waals surface area contributed by atoms with E-state index in [1.54, 1.807) is 0 Å². The number of hydrogen-bond acceptors (Lipinski definition) is 2. The lowest BCUT2D eigenvalue weighted by Crippen LogP contribution is -2.43. The highest BCUT2D eigenvalue weighted by molar-refractivity contribution is 7.80. The zero-order valence-corrected chi connectivity index (χ0v) is 10.3. The van der Waals surface area contributed by atoms with Crippen LogP contribution in [0.3, 0.4) is 0 Å². The van der Waals surface area contributed by atoms with Gasteiger partial charge < -0.3 is 15.5 Å². The molecule has 0 aromatic carbocycles. The molecule has 1 aliphatic heterocycles. The number of nitrogens with one attached hydrogen (secondary N) is 2. The molecule has 1 saturated carbocycles. The van der Waals surface area contributed by atoms with Gasteiger partial charge >= 0.3 is 0 Å². The third-order valence-corrected chi connectivity index (χ3v) is 3.45. The lowest BCUT2D eigenvalue weighted by atomic mass is 9.99. The maximum absolute atomic E-state index is 5.23. The molecule has 0 aromatic heterocycles. The Kier molecular flexibility index (Phi) is 3.81. The van der Waals surface area contributed by atoms with Crippen molar-refractivity contribution >= 4 is 17.3 Å². The lowest BCUT2D eigenvalue weighted by molar-refractivity contribution is 0.210. The van der Waals surface area contributed by atoms with Crippen LogP contribution >= 0.6 is 12.2 Å². The molecule has 1 unspecified atom stereocenters. The molecule has 1 atom stereocenters. The van der Waals surface area contributed by atoms with E-state index in [-0.39, 0.29) is 0 Å². The van der Waals surface area contributed by atoms with Crippen LogP contribution in [-0.2, 0) is 0 Å². The molecule has 1 aliphatic carbocycles. The van der Waals surface area contributed by atoms with Crippen LogP contribution in [0, 0.1) is 5.92 Å². The lowest BCUT2D eigenvalue weighted by Gasteiger charge is -2.30. The van der Waals surface area contributed by atoms with Gasteiger partial charge in [0.15, 0.2) is 5.11 Å². The number of hydrogen-bond donors (Lipinski definition) is 2. The van der Waals surface area contributed by atoms with Gasteiger partial charge in [-0.1, -0.05) is 0 Å². The summed E-state index contributed by atoms with van der Waals surface area (Å²) in [5, 5.41) is 7.50. The zero-order valence-electron chi connectivity index (χ0n) is 9.46. The molecule has 1 heterocycles. The fourth-order valence-electron chi connectivity index (χ4n) is 2.14. The minimum atomic E-state index is 0.666. The number of rotatable bonds is 3. The highest BCUT2D eigenvalue weighted by Gasteiger charge is 2.22. The summed E-state index contributed by atoms with van der Waals surface area (Å²) in [6.07, 6.45) is 5.23. The Bertz CT molecular complexity index is 228. The summed E-state index contributed by atoms with van der Waals surface area (Å²) in [4.78, 5) is 2.41. The van der Waals surface area contributed by atoms with Gasteiger partial charge in [-0.2, -0.15) is 0 Å². The Morgan fingerprint density at radius 1 is 1.40 bits per heavy atom. The molecular formula is C11H21N3S. The van der Waals surface area contributed by atoms with Crippen LogP contribution in [0.1, 0.15) is 25.7 Å². The van der Waals surface area contributed by atoms with Gasteiger partial charge in [-0.25, -0.2) is 0 Å². The van der Waals surface area contributed by atoms with Crippen LogP contribution in [-0.4, -0.2) is 42.7 Å². The molecule has 0 radical (unpaired) electrons. The average molecular weight is 227 g/mol. The number of likely N-dealkylation sites (tertiary alicyclic amines) is 1. The Balaban J connectivity index is 1.61. The summed E-state index contributed by atoms with van der Waals surface area (Å²) < 4.78 is 0. The molecule has 0 aromatic rings. The van der Waals surface area contributed by atoms with Crippen LogP contribution < -0.4 is 10.6 Å². The molecular weight excluding hydrogens is 206 g/mol. The maximum atomic E-state index is 5.23. The van der Waals surface area contributed by atoms with Crippen LogP contribution in [0.5, 0.6) is 0 Å². The summed E-state index contributed by atoms with van der Waals surface area (Å²) in [6.45, 7) is 3.49. The Hall–Kier alpha value is -0.350. The van der Waals surface area contributed by atoms with Crippen molar-refractivity contribution in [3.8, 4) is 0 Å². The quantitative estimate of drug-likeness (QED) is 0.702. The fraction of sp³-hybridized carbons (Fsp3) is 0.909. The van der Waals surface area contributed by atoms with Crippen molar-refractivity contribution < 1.29 is 0 Å². The molecule has 2 aliphatic rings. The molecule has 15 heavy (non-hydrogen) atoms. The minimum absolute atomic E-state index is 0.666. The molecule has 0 amide bonds. The maximum Gasteiger partial charge on any atom is 0.166 e. The third-order valence-electron chi connectivity index (χ3n) is 3.19. The summed E-state index contributed by atoms with van der Waals surface area (Å²) in [5.41, 5.74) is 0. The van der Waals surface area contributed by atoms with Crippen molar-refractivity contribution in [2.24, 2.45) is 5.92 Å². The van der Waals surface area contributed by atoms with Crippen LogP contribution in [0.25, 0.3) is 0 Å². The molecule has 1 saturated heterocycles. The molecule has 2 fully saturated rings. The molecule has 2 rings (SSSR count). The van der Waals surface area contributed by atoms with E-state index in [2.05, 4.69) is 22.6 Å². The number of nitrogens with zero attached hydrogens (tertiary/aromatic N) is 1. The van der Waals surface area contributed by atoms with Gasteiger partial charge in [-0.05, 0) is 57.4 Å². The molecule has 0 bridgehead atoms. The van der Waals surface area contributed by atoms with Gasteiger partial charge in [-0.3, -0.25) is 0 Å². The first kappa shape index (κ1) is 11.1. The number of piperidine rings is 1. The second kappa shape index (κ2) is 5.12. The van der Waals surface area contributed by atoms with Crippen molar-refractivity contribution in [2.75, 3.05) is 26.7 Å². The standard InChI is InChI=1S/C11H21N3S/c1-14-6-2-3-9(8-14)7-12-11(15)13-10-4-5-10/h9-10H,2-8H2,1H3,(H2,12,13,15). The van der Waals surface area contributed by atoms with Gasteiger partial charge in [0.2, 0.25) is 0 Å².